The van der Waals surface area contributed by atoms with Crippen molar-refractivity contribution in [2.45, 2.75) is 52.9 Å². The molecule has 4 nitrogen and oxygen atoms in total. The van der Waals surface area contributed by atoms with Gasteiger partial charge in [-0.2, -0.15) is 0 Å². The van der Waals surface area contributed by atoms with Crippen LogP contribution in [0.15, 0.2) is 30.3 Å². The van der Waals surface area contributed by atoms with Gasteiger partial charge in [0.1, 0.15) is 24.0 Å². The highest BCUT2D eigenvalue weighted by molar-refractivity contribution is 5.75. The van der Waals surface area contributed by atoms with Crippen LogP contribution in [0.2, 0.25) is 0 Å². The topological polar surface area (TPSA) is 61.5 Å². The number of esters is 1. The van der Waals surface area contributed by atoms with E-state index >= 15 is 0 Å². The Labute approximate surface area is 127 Å². The third-order valence-corrected chi connectivity index (χ3v) is 3.28. The van der Waals surface area contributed by atoms with Crippen molar-refractivity contribution in [3.05, 3.63) is 30.3 Å². The maximum Gasteiger partial charge on any atom is 0.323 e. The smallest absolute Gasteiger partial charge is 0.323 e. The van der Waals surface area contributed by atoms with Gasteiger partial charge in [-0.05, 0) is 30.9 Å². The molecule has 0 saturated heterocycles. The first-order valence-corrected chi connectivity index (χ1v) is 7.50. The summed E-state index contributed by atoms with van der Waals surface area (Å²) >= 11 is 0. The Morgan fingerprint density at radius 3 is 1.90 bits per heavy atom. The van der Waals surface area contributed by atoms with Crippen LogP contribution in [0.5, 0.6) is 5.75 Å². The molecular weight excluding hydrogens is 266 g/mol. The second kappa shape index (κ2) is 8.03. The lowest BCUT2D eigenvalue weighted by Gasteiger charge is -2.33. The molecule has 0 amide bonds. The third-order valence-electron chi connectivity index (χ3n) is 3.28. The van der Waals surface area contributed by atoms with Crippen molar-refractivity contribution < 1.29 is 14.3 Å². The summed E-state index contributed by atoms with van der Waals surface area (Å²) < 4.78 is 11.6. The molecule has 0 saturated carbocycles. The van der Waals surface area contributed by atoms with E-state index in [1.165, 1.54) is 0 Å². The largest absolute Gasteiger partial charge is 0.486 e. The van der Waals surface area contributed by atoms with Gasteiger partial charge >= 0.3 is 5.97 Å². The normalized spacial score (nSPS) is 15.6. The van der Waals surface area contributed by atoms with Gasteiger partial charge in [0.05, 0.1) is 0 Å². The maximum atomic E-state index is 11.8. The molecule has 1 aromatic rings. The quantitative estimate of drug-likeness (QED) is 0.785. The molecule has 0 unspecified atom stereocenters. The molecule has 0 aliphatic carbocycles. The molecule has 0 heterocycles. The van der Waals surface area contributed by atoms with Crippen molar-refractivity contribution in [2.24, 2.45) is 17.6 Å². The first kappa shape index (κ1) is 17.5. The summed E-state index contributed by atoms with van der Waals surface area (Å²) in [5, 5.41) is 0. The molecule has 0 fully saturated rings. The average molecular weight is 293 g/mol. The van der Waals surface area contributed by atoms with Crippen molar-refractivity contribution >= 4 is 5.97 Å². The zero-order valence-corrected chi connectivity index (χ0v) is 13.6. The summed E-state index contributed by atoms with van der Waals surface area (Å²) in [5.74, 6) is 0.733. The van der Waals surface area contributed by atoms with Crippen molar-refractivity contribution in [3.63, 3.8) is 0 Å². The number of nitrogens with two attached hydrogens (primary N) is 1. The molecule has 1 rings (SSSR count). The fourth-order valence-corrected chi connectivity index (χ4v) is 2.06. The zero-order valence-electron chi connectivity index (χ0n) is 13.6. The number of carbonyl (C=O) groups is 1. The number of hydrogen-bond acceptors (Lipinski definition) is 4. The Hall–Kier alpha value is -1.55. The lowest BCUT2D eigenvalue weighted by atomic mass is 9.93. The Bertz CT molecular complexity index is 429. The number of rotatable bonds is 7. The van der Waals surface area contributed by atoms with Crippen LogP contribution in [0.4, 0.5) is 0 Å². The fraction of sp³-hybridized carbons (Fsp3) is 0.588. The highest BCUT2D eigenvalue weighted by Gasteiger charge is 2.33. The minimum Gasteiger partial charge on any atom is -0.486 e. The molecule has 0 bridgehead atoms. The van der Waals surface area contributed by atoms with Crippen LogP contribution < -0.4 is 10.5 Å². The summed E-state index contributed by atoms with van der Waals surface area (Å²) in [6, 6.07) is 8.96. The highest BCUT2D eigenvalue weighted by Crippen LogP contribution is 2.24. The minimum atomic E-state index is -0.629. The van der Waals surface area contributed by atoms with E-state index in [0.717, 1.165) is 5.75 Å². The average Bonchev–Trinajstić information content (AvgIpc) is 2.42. The molecular formula is C17H27NO3. The summed E-state index contributed by atoms with van der Waals surface area (Å²) in [5.41, 5.74) is 5.60. The molecule has 118 valence electrons. The predicted octanol–water partition coefficient (Wildman–Crippen LogP) is 3.01. The number of ether oxygens (including phenoxy) is 2. The second-order valence-electron chi connectivity index (χ2n) is 6.07. The predicted molar refractivity (Wildman–Crippen MR) is 84.1 cm³/mol. The van der Waals surface area contributed by atoms with Crippen LogP contribution in [0.1, 0.15) is 34.6 Å². The van der Waals surface area contributed by atoms with Crippen molar-refractivity contribution in [1.29, 1.82) is 0 Å². The summed E-state index contributed by atoms with van der Waals surface area (Å²) in [7, 11) is 0. The molecule has 3 atom stereocenters. The molecule has 1 aromatic carbocycles. The third kappa shape index (κ3) is 5.38. The van der Waals surface area contributed by atoms with Crippen molar-refractivity contribution in [3.8, 4) is 5.75 Å². The Kier molecular flexibility index (Phi) is 6.69. The van der Waals surface area contributed by atoms with Crippen molar-refractivity contribution in [2.75, 3.05) is 0 Å². The monoisotopic (exact) mass is 293 g/mol. The lowest BCUT2D eigenvalue weighted by Crippen LogP contribution is -2.45. The molecule has 0 aromatic heterocycles. The van der Waals surface area contributed by atoms with Gasteiger partial charge in [-0.1, -0.05) is 45.9 Å². The van der Waals surface area contributed by atoms with Crippen molar-refractivity contribution in [1.82, 2.24) is 0 Å². The van der Waals surface area contributed by atoms with Gasteiger partial charge in [0, 0.05) is 0 Å². The minimum absolute atomic E-state index is 0.142. The molecule has 0 spiro atoms. The molecule has 21 heavy (non-hydrogen) atoms. The molecule has 0 radical (unpaired) electrons. The molecule has 0 aliphatic heterocycles. The van der Waals surface area contributed by atoms with E-state index in [2.05, 4.69) is 13.8 Å². The van der Waals surface area contributed by atoms with Gasteiger partial charge < -0.3 is 15.2 Å². The van der Waals surface area contributed by atoms with E-state index in [4.69, 9.17) is 15.2 Å². The zero-order chi connectivity index (χ0) is 16.0. The number of para-hydroxylation sites is 1. The first-order valence-electron chi connectivity index (χ1n) is 7.50. The SMILES string of the molecule is CC(C)[C@@H](OC(=O)[C@H](C)N)[C@H](Oc1ccccc1)C(C)C. The van der Waals surface area contributed by atoms with Crippen LogP contribution >= 0.6 is 0 Å². The Morgan fingerprint density at radius 1 is 0.952 bits per heavy atom. The van der Waals surface area contributed by atoms with Crippen LogP contribution in [0.3, 0.4) is 0 Å². The maximum absolute atomic E-state index is 11.8. The Morgan fingerprint density at radius 2 is 1.48 bits per heavy atom. The van der Waals surface area contributed by atoms with E-state index in [1.54, 1.807) is 6.92 Å². The van der Waals surface area contributed by atoms with E-state index in [9.17, 15) is 4.79 Å². The van der Waals surface area contributed by atoms with Crippen LogP contribution in [-0.2, 0) is 9.53 Å². The van der Waals surface area contributed by atoms with Gasteiger partial charge in [-0.25, -0.2) is 0 Å². The van der Waals surface area contributed by atoms with Crippen LogP contribution in [0.25, 0.3) is 0 Å². The summed E-state index contributed by atoms with van der Waals surface area (Å²) in [4.78, 5) is 11.8. The van der Waals surface area contributed by atoms with Gasteiger partial charge in [0.2, 0.25) is 0 Å². The lowest BCUT2D eigenvalue weighted by molar-refractivity contribution is -0.160. The van der Waals surface area contributed by atoms with E-state index in [-0.39, 0.29) is 24.0 Å². The first-order chi connectivity index (χ1) is 9.82. The van der Waals surface area contributed by atoms with E-state index in [1.807, 2.05) is 44.2 Å². The number of hydrogen-bond donors (Lipinski definition) is 1. The van der Waals surface area contributed by atoms with Gasteiger partial charge in [-0.15, -0.1) is 0 Å². The second-order valence-corrected chi connectivity index (χ2v) is 6.07. The molecule has 2 N–H and O–H groups in total. The fourth-order valence-electron chi connectivity index (χ4n) is 2.06. The van der Waals surface area contributed by atoms with Crippen LogP contribution in [0, 0.1) is 11.8 Å². The van der Waals surface area contributed by atoms with Crippen LogP contribution in [-0.4, -0.2) is 24.2 Å². The number of benzene rings is 1. The number of carbonyl (C=O) groups excluding carboxylic acids is 1. The highest BCUT2D eigenvalue weighted by atomic mass is 16.6. The van der Waals surface area contributed by atoms with Gasteiger partial charge in [-0.3, -0.25) is 4.79 Å². The van der Waals surface area contributed by atoms with Gasteiger partial charge in [0.15, 0.2) is 0 Å². The molecule has 0 aliphatic rings. The Balaban J connectivity index is 2.90. The van der Waals surface area contributed by atoms with Gasteiger partial charge in [0.25, 0.3) is 0 Å². The van der Waals surface area contributed by atoms with E-state index < -0.39 is 12.0 Å². The summed E-state index contributed by atoms with van der Waals surface area (Å²) in [6.07, 6.45) is -0.543. The molecule has 4 heteroatoms. The summed E-state index contributed by atoms with van der Waals surface area (Å²) in [6.45, 7) is 9.78. The standard InChI is InChI=1S/C17H27NO3/c1-11(2)15(20-14-9-7-6-8-10-14)16(12(3)4)21-17(19)13(5)18/h6-13,15-16H,18H2,1-5H3/t13-,15+,16+/m0/s1. The van der Waals surface area contributed by atoms with E-state index in [0.29, 0.717) is 0 Å².